The molecule has 4 rings (SSSR count). The first-order chi connectivity index (χ1) is 13.1. The van der Waals surface area contributed by atoms with E-state index in [2.05, 4.69) is 9.97 Å². The van der Waals surface area contributed by atoms with Crippen molar-refractivity contribution in [2.75, 3.05) is 4.90 Å². The van der Waals surface area contributed by atoms with Crippen LogP contribution in [0.4, 0.5) is 10.8 Å². The van der Waals surface area contributed by atoms with Crippen LogP contribution in [0.2, 0.25) is 0 Å². The van der Waals surface area contributed by atoms with Gasteiger partial charge in [-0.1, -0.05) is 24.3 Å². The van der Waals surface area contributed by atoms with Gasteiger partial charge in [-0.3, -0.25) is 9.69 Å². The van der Waals surface area contributed by atoms with Gasteiger partial charge < -0.3 is 4.42 Å². The number of para-hydroxylation sites is 1. The van der Waals surface area contributed by atoms with Crippen LogP contribution >= 0.6 is 22.7 Å². The Hall–Kier alpha value is -2.77. The van der Waals surface area contributed by atoms with Crippen LogP contribution in [-0.4, -0.2) is 15.9 Å². The Balaban J connectivity index is 1.65. The molecule has 7 heteroatoms. The standard InChI is InChI=1S/C20H17N3O2S2/c1-13-12-27-20(21-13)23(15-7-4-3-5-8-15)18(24)11-16-14(2)25-19(22-16)17-9-6-10-26-17/h3-10,12H,11H2,1-2H3. The Labute approximate surface area is 164 Å². The zero-order valence-corrected chi connectivity index (χ0v) is 16.5. The molecule has 4 aromatic rings. The predicted molar refractivity (Wildman–Crippen MR) is 109 cm³/mol. The minimum Gasteiger partial charge on any atom is -0.440 e. The molecule has 0 spiro atoms. The van der Waals surface area contributed by atoms with Crippen molar-refractivity contribution in [1.82, 2.24) is 9.97 Å². The van der Waals surface area contributed by atoms with Crippen molar-refractivity contribution < 1.29 is 9.21 Å². The molecule has 3 aromatic heterocycles. The Morgan fingerprint density at radius 3 is 2.56 bits per heavy atom. The molecule has 27 heavy (non-hydrogen) atoms. The first kappa shape index (κ1) is 17.6. The summed E-state index contributed by atoms with van der Waals surface area (Å²) in [5, 5.41) is 4.57. The van der Waals surface area contributed by atoms with Gasteiger partial charge in [-0.15, -0.1) is 22.7 Å². The second-order valence-corrected chi connectivity index (χ2v) is 7.80. The van der Waals surface area contributed by atoms with Crippen LogP contribution in [0.1, 0.15) is 17.1 Å². The first-order valence-corrected chi connectivity index (χ1v) is 10.2. The fourth-order valence-corrected chi connectivity index (χ4v) is 4.19. The van der Waals surface area contributed by atoms with Crippen LogP contribution in [0.25, 0.3) is 10.8 Å². The number of rotatable bonds is 5. The maximum atomic E-state index is 13.2. The van der Waals surface area contributed by atoms with Crippen molar-refractivity contribution in [3.05, 3.63) is 70.4 Å². The number of thiophene rings is 1. The van der Waals surface area contributed by atoms with E-state index < -0.39 is 0 Å². The fourth-order valence-electron chi connectivity index (χ4n) is 2.70. The number of amides is 1. The lowest BCUT2D eigenvalue weighted by Gasteiger charge is -2.19. The number of hydrogen-bond acceptors (Lipinski definition) is 6. The number of anilines is 2. The van der Waals surface area contributed by atoms with Gasteiger partial charge in [-0.25, -0.2) is 9.97 Å². The van der Waals surface area contributed by atoms with E-state index in [0.717, 1.165) is 16.3 Å². The average molecular weight is 396 g/mol. The van der Waals surface area contributed by atoms with Crippen molar-refractivity contribution in [1.29, 1.82) is 0 Å². The van der Waals surface area contributed by atoms with Gasteiger partial charge in [0, 0.05) is 5.38 Å². The molecule has 0 aliphatic heterocycles. The summed E-state index contributed by atoms with van der Waals surface area (Å²) in [6.07, 6.45) is 0.147. The molecule has 1 aromatic carbocycles. The Morgan fingerprint density at radius 2 is 1.89 bits per heavy atom. The van der Waals surface area contributed by atoms with Crippen molar-refractivity contribution >= 4 is 39.4 Å². The van der Waals surface area contributed by atoms with Gasteiger partial charge >= 0.3 is 0 Å². The summed E-state index contributed by atoms with van der Waals surface area (Å²) in [5.74, 6) is 1.13. The lowest BCUT2D eigenvalue weighted by atomic mass is 10.2. The molecule has 0 aliphatic carbocycles. The van der Waals surface area contributed by atoms with E-state index in [1.807, 2.05) is 67.1 Å². The summed E-state index contributed by atoms with van der Waals surface area (Å²) in [6, 6.07) is 13.5. The van der Waals surface area contributed by atoms with Crippen molar-refractivity contribution in [3.8, 4) is 10.8 Å². The minimum absolute atomic E-state index is 0.0929. The van der Waals surface area contributed by atoms with Crippen LogP contribution in [0.3, 0.4) is 0 Å². The molecule has 0 fully saturated rings. The highest BCUT2D eigenvalue weighted by Gasteiger charge is 2.24. The van der Waals surface area contributed by atoms with Crippen molar-refractivity contribution in [2.24, 2.45) is 0 Å². The molecule has 0 bridgehead atoms. The molecule has 0 atom stereocenters. The quantitative estimate of drug-likeness (QED) is 0.455. The molecular formula is C20H17N3O2S2. The highest BCUT2D eigenvalue weighted by Crippen LogP contribution is 2.30. The molecule has 0 saturated carbocycles. The third kappa shape index (κ3) is 3.70. The number of carbonyl (C=O) groups excluding carboxylic acids is 1. The van der Waals surface area contributed by atoms with E-state index in [9.17, 15) is 4.79 Å². The number of carbonyl (C=O) groups is 1. The van der Waals surface area contributed by atoms with Gasteiger partial charge in [0.2, 0.25) is 11.8 Å². The molecule has 5 nitrogen and oxygen atoms in total. The number of nitrogens with zero attached hydrogens (tertiary/aromatic N) is 3. The van der Waals surface area contributed by atoms with E-state index in [0.29, 0.717) is 22.5 Å². The van der Waals surface area contributed by atoms with Gasteiger partial charge in [-0.2, -0.15) is 0 Å². The topological polar surface area (TPSA) is 59.2 Å². The largest absolute Gasteiger partial charge is 0.440 e. The molecule has 136 valence electrons. The second kappa shape index (κ2) is 7.46. The summed E-state index contributed by atoms with van der Waals surface area (Å²) in [7, 11) is 0. The normalized spacial score (nSPS) is 10.9. The maximum Gasteiger partial charge on any atom is 0.239 e. The molecule has 0 radical (unpaired) electrons. The van der Waals surface area contributed by atoms with Gasteiger partial charge in [0.15, 0.2) is 5.13 Å². The van der Waals surface area contributed by atoms with E-state index in [1.165, 1.54) is 11.3 Å². The molecule has 0 N–H and O–H groups in total. The maximum absolute atomic E-state index is 13.2. The third-order valence-electron chi connectivity index (χ3n) is 4.01. The van der Waals surface area contributed by atoms with Crippen LogP contribution in [0, 0.1) is 13.8 Å². The van der Waals surface area contributed by atoms with Gasteiger partial charge in [0.25, 0.3) is 0 Å². The summed E-state index contributed by atoms with van der Waals surface area (Å²) in [4.78, 5) is 24.8. The Kier molecular flexibility index (Phi) is 4.87. The van der Waals surface area contributed by atoms with E-state index in [4.69, 9.17) is 4.42 Å². The number of aromatic nitrogens is 2. The van der Waals surface area contributed by atoms with E-state index >= 15 is 0 Å². The third-order valence-corrected chi connectivity index (χ3v) is 5.81. The zero-order valence-electron chi connectivity index (χ0n) is 14.9. The number of oxazole rings is 1. The monoisotopic (exact) mass is 395 g/mol. The molecule has 3 heterocycles. The van der Waals surface area contributed by atoms with E-state index in [-0.39, 0.29) is 12.3 Å². The van der Waals surface area contributed by atoms with Crippen LogP contribution < -0.4 is 4.90 Å². The van der Waals surface area contributed by atoms with Crippen LogP contribution in [0.5, 0.6) is 0 Å². The van der Waals surface area contributed by atoms with E-state index in [1.54, 1.807) is 16.2 Å². The number of benzene rings is 1. The molecule has 0 unspecified atom stereocenters. The SMILES string of the molecule is Cc1csc(N(C(=O)Cc2nc(-c3cccs3)oc2C)c2ccccc2)n1. The summed E-state index contributed by atoms with van der Waals surface area (Å²) >= 11 is 3.01. The van der Waals surface area contributed by atoms with Gasteiger partial charge in [0.05, 0.1) is 28.4 Å². The summed E-state index contributed by atoms with van der Waals surface area (Å²) < 4.78 is 5.77. The predicted octanol–water partition coefficient (Wildman–Crippen LogP) is 5.38. The number of hydrogen-bond donors (Lipinski definition) is 0. The first-order valence-electron chi connectivity index (χ1n) is 8.42. The Morgan fingerprint density at radius 1 is 1.07 bits per heavy atom. The van der Waals surface area contributed by atoms with Gasteiger partial charge in [0.1, 0.15) is 5.76 Å². The Bertz CT molecular complexity index is 1050. The fraction of sp³-hybridized carbons (Fsp3) is 0.150. The zero-order chi connectivity index (χ0) is 18.8. The molecular weight excluding hydrogens is 378 g/mol. The lowest BCUT2D eigenvalue weighted by Crippen LogP contribution is -2.27. The molecule has 1 amide bonds. The summed E-state index contributed by atoms with van der Waals surface area (Å²) in [6.45, 7) is 3.76. The number of thiazole rings is 1. The van der Waals surface area contributed by atoms with Crippen molar-refractivity contribution in [3.63, 3.8) is 0 Å². The second-order valence-electron chi connectivity index (χ2n) is 6.01. The smallest absolute Gasteiger partial charge is 0.239 e. The highest BCUT2D eigenvalue weighted by molar-refractivity contribution is 7.14. The molecule has 0 saturated heterocycles. The minimum atomic E-state index is -0.0929. The average Bonchev–Trinajstić information content (AvgIpc) is 3.39. The summed E-state index contributed by atoms with van der Waals surface area (Å²) in [5.41, 5.74) is 2.33. The van der Waals surface area contributed by atoms with Gasteiger partial charge in [-0.05, 0) is 37.4 Å². The molecule has 0 aliphatic rings. The lowest BCUT2D eigenvalue weighted by molar-refractivity contribution is -0.117. The number of aryl methyl sites for hydroxylation is 2. The van der Waals surface area contributed by atoms with Crippen LogP contribution in [-0.2, 0) is 11.2 Å². The van der Waals surface area contributed by atoms with Crippen molar-refractivity contribution in [2.45, 2.75) is 20.3 Å². The van der Waals surface area contributed by atoms with Crippen LogP contribution in [0.15, 0.2) is 57.6 Å². The highest BCUT2D eigenvalue weighted by atomic mass is 32.1.